The molecule has 2 aliphatic rings. The van der Waals surface area contributed by atoms with Crippen molar-refractivity contribution in [2.24, 2.45) is 0 Å². The zero-order valence-electron chi connectivity index (χ0n) is 15.5. The minimum Gasteiger partial charge on any atom is -0.338 e. The largest absolute Gasteiger partial charge is 0.338 e. The summed E-state index contributed by atoms with van der Waals surface area (Å²) in [4.78, 5) is 6.69. The third-order valence-electron chi connectivity index (χ3n) is 5.45. The highest BCUT2D eigenvalue weighted by atomic mass is 16.5. The molecule has 0 unspecified atom stereocenters. The maximum absolute atomic E-state index is 5.25. The van der Waals surface area contributed by atoms with Crippen molar-refractivity contribution in [1.29, 1.82) is 0 Å². The molecule has 0 spiro atoms. The van der Waals surface area contributed by atoms with Crippen LogP contribution in [0.1, 0.15) is 61.0 Å². The summed E-state index contributed by atoms with van der Waals surface area (Å²) in [7, 11) is 0. The number of hydrogen-bond acceptors (Lipinski definition) is 7. The minimum atomic E-state index is 0.463. The van der Waals surface area contributed by atoms with Gasteiger partial charge in [-0.25, -0.2) is 0 Å². The third-order valence-corrected chi connectivity index (χ3v) is 5.45. The van der Waals surface area contributed by atoms with E-state index in [0.29, 0.717) is 30.2 Å². The maximum atomic E-state index is 5.25. The Balaban J connectivity index is 1.27. The van der Waals surface area contributed by atoms with Gasteiger partial charge in [0.25, 0.3) is 0 Å². The molecular weight excluding hydrogens is 344 g/mol. The number of rotatable bonds is 6. The van der Waals surface area contributed by atoms with Crippen molar-refractivity contribution in [3.05, 3.63) is 41.8 Å². The van der Waals surface area contributed by atoms with Crippen LogP contribution in [0.2, 0.25) is 0 Å². The summed E-state index contributed by atoms with van der Waals surface area (Å²) in [5.41, 5.74) is 0. The molecule has 2 fully saturated rings. The van der Waals surface area contributed by atoms with E-state index in [4.69, 9.17) is 4.52 Å². The topological polar surface area (TPSA) is 90.7 Å². The van der Waals surface area contributed by atoms with E-state index in [-0.39, 0.29) is 0 Å². The van der Waals surface area contributed by atoms with Gasteiger partial charge < -0.3 is 9.09 Å². The number of aryl methyl sites for hydroxylation is 1. The zero-order valence-corrected chi connectivity index (χ0v) is 15.5. The Morgan fingerprint density at radius 1 is 1.11 bits per heavy atom. The van der Waals surface area contributed by atoms with Gasteiger partial charge in [0.05, 0.1) is 6.54 Å². The molecule has 4 heterocycles. The second-order valence-electron chi connectivity index (χ2n) is 7.56. The van der Waals surface area contributed by atoms with Gasteiger partial charge in [0.15, 0.2) is 11.6 Å². The molecule has 3 aromatic heterocycles. The van der Waals surface area contributed by atoms with Gasteiger partial charge in [0.1, 0.15) is 12.4 Å². The number of hydrogen-bond donors (Lipinski definition) is 0. The molecule has 1 saturated carbocycles. The van der Waals surface area contributed by atoms with E-state index < -0.39 is 0 Å². The molecule has 27 heavy (non-hydrogen) atoms. The average Bonchev–Trinajstić information content (AvgIpc) is 3.05. The van der Waals surface area contributed by atoms with Crippen molar-refractivity contribution in [3.8, 4) is 0 Å². The summed E-state index contributed by atoms with van der Waals surface area (Å²) in [6, 6.07) is 2.51. The van der Waals surface area contributed by atoms with E-state index >= 15 is 0 Å². The molecule has 142 valence electrons. The highest BCUT2D eigenvalue weighted by molar-refractivity contribution is 5.09. The van der Waals surface area contributed by atoms with Crippen LogP contribution in [0.3, 0.4) is 0 Å². The van der Waals surface area contributed by atoms with Crippen molar-refractivity contribution in [2.45, 2.75) is 57.7 Å². The van der Waals surface area contributed by atoms with Gasteiger partial charge >= 0.3 is 0 Å². The second kappa shape index (κ2) is 6.88. The SMILES string of the molecule is Cc1noc(CN2CCC(c3nnc(Cn4cccn4)n3C3CC3)CC2)n1. The van der Waals surface area contributed by atoms with Crippen molar-refractivity contribution in [3.63, 3.8) is 0 Å². The number of aromatic nitrogens is 7. The predicted molar refractivity (Wildman–Crippen MR) is 95.9 cm³/mol. The Morgan fingerprint density at radius 3 is 2.63 bits per heavy atom. The molecule has 0 radical (unpaired) electrons. The Kier molecular flexibility index (Phi) is 4.23. The molecule has 0 N–H and O–H groups in total. The van der Waals surface area contributed by atoms with Gasteiger partial charge in [-0.3, -0.25) is 9.58 Å². The lowest BCUT2D eigenvalue weighted by molar-refractivity contribution is 0.177. The summed E-state index contributed by atoms with van der Waals surface area (Å²) in [5, 5.41) is 17.3. The molecule has 9 heteroatoms. The molecule has 0 amide bonds. The van der Waals surface area contributed by atoms with Gasteiger partial charge in [-0.1, -0.05) is 5.16 Å². The summed E-state index contributed by atoms with van der Waals surface area (Å²) < 4.78 is 9.56. The van der Waals surface area contributed by atoms with Gasteiger partial charge in [-0.2, -0.15) is 10.1 Å². The molecule has 5 rings (SSSR count). The van der Waals surface area contributed by atoms with Gasteiger partial charge in [-0.05, 0) is 51.8 Å². The lowest BCUT2D eigenvalue weighted by Crippen LogP contribution is -2.33. The first kappa shape index (κ1) is 16.6. The Morgan fingerprint density at radius 2 is 1.96 bits per heavy atom. The monoisotopic (exact) mass is 368 g/mol. The van der Waals surface area contributed by atoms with Crippen LogP contribution in [-0.2, 0) is 13.1 Å². The van der Waals surface area contributed by atoms with Crippen LogP contribution in [0.25, 0.3) is 0 Å². The number of nitrogens with zero attached hydrogens (tertiary/aromatic N) is 8. The van der Waals surface area contributed by atoms with E-state index in [9.17, 15) is 0 Å². The van der Waals surface area contributed by atoms with E-state index in [1.165, 1.54) is 12.8 Å². The molecule has 0 bridgehead atoms. The lowest BCUT2D eigenvalue weighted by Gasteiger charge is -2.30. The van der Waals surface area contributed by atoms with E-state index in [2.05, 4.69) is 34.9 Å². The van der Waals surface area contributed by atoms with Gasteiger partial charge in [0.2, 0.25) is 5.89 Å². The van der Waals surface area contributed by atoms with Crippen LogP contribution in [0.5, 0.6) is 0 Å². The zero-order chi connectivity index (χ0) is 18.2. The van der Waals surface area contributed by atoms with Crippen LogP contribution in [0.4, 0.5) is 0 Å². The Hall–Kier alpha value is -2.55. The molecule has 1 aliphatic carbocycles. The highest BCUT2D eigenvalue weighted by Crippen LogP contribution is 2.40. The molecule has 0 atom stereocenters. The summed E-state index contributed by atoms with van der Waals surface area (Å²) in [6.45, 7) is 5.29. The van der Waals surface area contributed by atoms with E-state index in [0.717, 1.165) is 44.1 Å². The van der Waals surface area contributed by atoms with Crippen molar-refractivity contribution in [2.75, 3.05) is 13.1 Å². The Bertz CT molecular complexity index is 887. The van der Waals surface area contributed by atoms with Crippen LogP contribution >= 0.6 is 0 Å². The van der Waals surface area contributed by atoms with Crippen molar-refractivity contribution >= 4 is 0 Å². The summed E-state index contributed by atoms with van der Waals surface area (Å²) in [5.74, 6) is 4.05. The summed E-state index contributed by atoms with van der Waals surface area (Å²) in [6.07, 6.45) is 8.40. The van der Waals surface area contributed by atoms with Crippen LogP contribution < -0.4 is 0 Å². The molecule has 1 aliphatic heterocycles. The summed E-state index contributed by atoms with van der Waals surface area (Å²) >= 11 is 0. The first-order chi connectivity index (χ1) is 13.3. The van der Waals surface area contributed by atoms with Crippen molar-refractivity contribution in [1.82, 2.24) is 39.6 Å². The second-order valence-corrected chi connectivity index (χ2v) is 7.56. The standard InChI is InChI=1S/C18H24N8O/c1-13-20-17(27-23-13)12-24-9-5-14(6-10-24)18-22-21-16(26(18)15-3-4-15)11-25-8-2-7-19-25/h2,7-8,14-15H,3-6,9-12H2,1H3. The maximum Gasteiger partial charge on any atom is 0.240 e. The molecule has 1 saturated heterocycles. The fourth-order valence-electron chi connectivity index (χ4n) is 3.94. The highest BCUT2D eigenvalue weighted by Gasteiger charge is 2.33. The minimum absolute atomic E-state index is 0.463. The fourth-order valence-corrected chi connectivity index (χ4v) is 3.94. The smallest absolute Gasteiger partial charge is 0.240 e. The van der Waals surface area contributed by atoms with Crippen molar-refractivity contribution < 1.29 is 4.52 Å². The van der Waals surface area contributed by atoms with Crippen LogP contribution in [0, 0.1) is 6.92 Å². The quantitative estimate of drug-likeness (QED) is 0.656. The fraction of sp³-hybridized carbons (Fsp3) is 0.611. The normalized spacial score (nSPS) is 19.0. The first-order valence-corrected chi connectivity index (χ1v) is 9.69. The van der Waals surface area contributed by atoms with Gasteiger partial charge in [-0.15, -0.1) is 10.2 Å². The third kappa shape index (κ3) is 3.51. The predicted octanol–water partition coefficient (Wildman–Crippen LogP) is 1.93. The van der Waals surface area contributed by atoms with E-state index in [1.54, 1.807) is 6.20 Å². The first-order valence-electron chi connectivity index (χ1n) is 9.69. The Labute approximate surface area is 157 Å². The number of piperidine rings is 1. The van der Waals surface area contributed by atoms with E-state index in [1.807, 2.05) is 23.9 Å². The lowest BCUT2D eigenvalue weighted by atomic mass is 9.96. The van der Waals surface area contributed by atoms with Gasteiger partial charge in [0, 0.05) is 24.4 Å². The van der Waals surface area contributed by atoms with Crippen LogP contribution in [-0.4, -0.2) is 52.7 Å². The average molecular weight is 368 g/mol. The van der Waals surface area contributed by atoms with Crippen LogP contribution in [0.15, 0.2) is 23.0 Å². The molecule has 0 aromatic carbocycles. The molecular formula is C18H24N8O. The molecule has 3 aromatic rings. The molecule has 9 nitrogen and oxygen atoms in total. The number of likely N-dealkylation sites (tertiary alicyclic amines) is 1.